The van der Waals surface area contributed by atoms with Gasteiger partial charge in [-0.1, -0.05) is 6.92 Å². The van der Waals surface area contributed by atoms with Crippen LogP contribution in [0.1, 0.15) is 19.8 Å². The summed E-state index contributed by atoms with van der Waals surface area (Å²) in [6.07, 6.45) is 1.47. The van der Waals surface area contributed by atoms with Crippen molar-refractivity contribution in [2.45, 2.75) is 25.8 Å². The van der Waals surface area contributed by atoms with Gasteiger partial charge in [-0.3, -0.25) is 0 Å². The molecule has 1 rings (SSSR count). The van der Waals surface area contributed by atoms with Crippen molar-refractivity contribution in [3.63, 3.8) is 0 Å². The number of nitrogens with zero attached hydrogens (tertiary/aromatic N) is 1. The molecule has 0 amide bonds. The largest absolute Gasteiger partial charge is 0.378 e. The molecule has 1 unspecified atom stereocenters. The summed E-state index contributed by atoms with van der Waals surface area (Å²) in [5.74, 6) is 0.227. The average Bonchev–Trinajstić information content (AvgIpc) is 2.29. The first-order valence-electron chi connectivity index (χ1n) is 5.83. The van der Waals surface area contributed by atoms with Crippen LogP contribution in [-0.4, -0.2) is 57.9 Å². The molecule has 0 aromatic heterocycles. The van der Waals surface area contributed by atoms with Gasteiger partial charge in [-0.15, -0.1) is 0 Å². The van der Waals surface area contributed by atoms with Gasteiger partial charge >= 0.3 is 0 Å². The summed E-state index contributed by atoms with van der Waals surface area (Å²) in [7, 11) is -1.27. The number of nitrogens with one attached hydrogen (secondary N) is 1. The van der Waals surface area contributed by atoms with E-state index in [4.69, 9.17) is 4.74 Å². The zero-order valence-electron chi connectivity index (χ0n) is 10.1. The number of hydrogen-bond donors (Lipinski definition) is 1. The van der Waals surface area contributed by atoms with Gasteiger partial charge in [-0.25, -0.2) is 8.42 Å². The van der Waals surface area contributed by atoms with E-state index in [1.54, 1.807) is 4.31 Å². The molecule has 1 heterocycles. The Morgan fingerprint density at radius 3 is 2.88 bits per heavy atom. The number of sulfonamides is 1. The van der Waals surface area contributed by atoms with E-state index in [9.17, 15) is 8.42 Å². The lowest BCUT2D eigenvalue weighted by Crippen LogP contribution is -2.49. The molecule has 1 aliphatic heterocycles. The standard InChI is InChI=1S/C10H22N2O3S/c1-3-10-9-15-7-6-12(10)16(13,14)8-4-5-11-2/h10-11H,3-9H2,1-2H3. The van der Waals surface area contributed by atoms with E-state index in [1.807, 2.05) is 14.0 Å². The third kappa shape index (κ3) is 3.69. The quantitative estimate of drug-likeness (QED) is 0.676. The summed E-state index contributed by atoms with van der Waals surface area (Å²) >= 11 is 0. The second-order valence-electron chi connectivity index (χ2n) is 4.02. The minimum Gasteiger partial charge on any atom is -0.378 e. The second kappa shape index (κ2) is 6.54. The van der Waals surface area contributed by atoms with Gasteiger partial charge in [0.1, 0.15) is 0 Å². The van der Waals surface area contributed by atoms with Crippen LogP contribution in [0.25, 0.3) is 0 Å². The summed E-state index contributed by atoms with van der Waals surface area (Å²) in [4.78, 5) is 0. The van der Waals surface area contributed by atoms with Gasteiger partial charge in [0, 0.05) is 12.6 Å². The van der Waals surface area contributed by atoms with Crippen molar-refractivity contribution in [2.75, 3.05) is 39.1 Å². The fourth-order valence-corrected chi connectivity index (χ4v) is 3.64. The highest BCUT2D eigenvalue weighted by Crippen LogP contribution is 2.15. The Bertz CT molecular complexity index is 292. The van der Waals surface area contributed by atoms with E-state index in [2.05, 4.69) is 5.32 Å². The van der Waals surface area contributed by atoms with Gasteiger partial charge in [0.2, 0.25) is 10.0 Å². The molecule has 0 aromatic carbocycles. The van der Waals surface area contributed by atoms with Crippen molar-refractivity contribution in [3.05, 3.63) is 0 Å². The Kier molecular flexibility index (Phi) is 5.68. The lowest BCUT2D eigenvalue weighted by Gasteiger charge is -2.34. The molecule has 5 nitrogen and oxygen atoms in total. The number of ether oxygens (including phenoxy) is 1. The monoisotopic (exact) mass is 250 g/mol. The second-order valence-corrected chi connectivity index (χ2v) is 6.06. The van der Waals surface area contributed by atoms with E-state index in [-0.39, 0.29) is 11.8 Å². The summed E-state index contributed by atoms with van der Waals surface area (Å²) < 4.78 is 31.1. The number of morpholine rings is 1. The van der Waals surface area contributed by atoms with Crippen LogP contribution < -0.4 is 5.32 Å². The molecule has 0 bridgehead atoms. The lowest BCUT2D eigenvalue weighted by molar-refractivity contribution is 0.0314. The summed E-state index contributed by atoms with van der Waals surface area (Å²) in [5, 5.41) is 2.96. The van der Waals surface area contributed by atoms with Crippen molar-refractivity contribution in [2.24, 2.45) is 0 Å². The number of hydrogen-bond acceptors (Lipinski definition) is 4. The molecule has 0 spiro atoms. The first kappa shape index (κ1) is 13.9. The van der Waals surface area contributed by atoms with E-state index < -0.39 is 10.0 Å². The predicted molar refractivity (Wildman–Crippen MR) is 63.9 cm³/mol. The Morgan fingerprint density at radius 2 is 2.25 bits per heavy atom. The summed E-state index contributed by atoms with van der Waals surface area (Å²) in [6.45, 7) is 4.28. The first-order valence-corrected chi connectivity index (χ1v) is 7.44. The van der Waals surface area contributed by atoms with Crippen LogP contribution >= 0.6 is 0 Å². The molecule has 1 aliphatic rings. The summed E-state index contributed by atoms with van der Waals surface area (Å²) in [5.41, 5.74) is 0. The summed E-state index contributed by atoms with van der Waals surface area (Å²) in [6, 6.07) is 0.0216. The molecule has 1 saturated heterocycles. The van der Waals surface area contributed by atoms with Gasteiger partial charge in [0.15, 0.2) is 0 Å². The Labute approximate surface area is 98.2 Å². The van der Waals surface area contributed by atoms with Crippen LogP contribution in [0.3, 0.4) is 0 Å². The third-order valence-corrected chi connectivity index (χ3v) is 4.83. The third-order valence-electron chi connectivity index (χ3n) is 2.83. The predicted octanol–water partition coefficient (Wildman–Crippen LogP) is 0.0365. The zero-order chi connectivity index (χ0) is 12.0. The van der Waals surface area contributed by atoms with Gasteiger partial charge in [0.25, 0.3) is 0 Å². The molecule has 96 valence electrons. The van der Waals surface area contributed by atoms with Crippen molar-refractivity contribution < 1.29 is 13.2 Å². The molecule has 0 radical (unpaired) electrons. The maximum absolute atomic E-state index is 12.1. The molecule has 1 N–H and O–H groups in total. The smallest absolute Gasteiger partial charge is 0.214 e. The molecule has 0 aliphatic carbocycles. The minimum absolute atomic E-state index is 0.0216. The highest BCUT2D eigenvalue weighted by molar-refractivity contribution is 7.89. The molecule has 6 heteroatoms. The SMILES string of the molecule is CCC1COCCN1S(=O)(=O)CCCNC. The van der Waals surface area contributed by atoms with E-state index in [0.29, 0.717) is 26.2 Å². The fourth-order valence-electron chi connectivity index (χ4n) is 1.88. The van der Waals surface area contributed by atoms with E-state index in [0.717, 1.165) is 13.0 Å². The van der Waals surface area contributed by atoms with Crippen LogP contribution in [0.5, 0.6) is 0 Å². The highest BCUT2D eigenvalue weighted by atomic mass is 32.2. The van der Waals surface area contributed by atoms with Crippen molar-refractivity contribution >= 4 is 10.0 Å². The average molecular weight is 250 g/mol. The fraction of sp³-hybridized carbons (Fsp3) is 1.00. The Hall–Kier alpha value is -0.170. The van der Waals surface area contributed by atoms with Crippen molar-refractivity contribution in [3.8, 4) is 0 Å². The van der Waals surface area contributed by atoms with Crippen molar-refractivity contribution in [1.29, 1.82) is 0 Å². The van der Waals surface area contributed by atoms with Crippen LogP contribution in [0.2, 0.25) is 0 Å². The van der Waals surface area contributed by atoms with E-state index in [1.165, 1.54) is 0 Å². The molecular weight excluding hydrogens is 228 g/mol. The molecule has 1 fully saturated rings. The zero-order valence-corrected chi connectivity index (χ0v) is 10.9. The van der Waals surface area contributed by atoms with Crippen LogP contribution in [0, 0.1) is 0 Å². The van der Waals surface area contributed by atoms with E-state index >= 15 is 0 Å². The molecule has 0 saturated carbocycles. The van der Waals surface area contributed by atoms with Crippen molar-refractivity contribution in [1.82, 2.24) is 9.62 Å². The molecule has 16 heavy (non-hydrogen) atoms. The number of rotatable bonds is 6. The minimum atomic E-state index is -3.10. The topological polar surface area (TPSA) is 58.6 Å². The lowest BCUT2D eigenvalue weighted by atomic mass is 10.2. The van der Waals surface area contributed by atoms with Gasteiger partial charge in [0.05, 0.1) is 19.0 Å². The maximum atomic E-state index is 12.1. The highest BCUT2D eigenvalue weighted by Gasteiger charge is 2.31. The van der Waals surface area contributed by atoms with Crippen LogP contribution in [-0.2, 0) is 14.8 Å². The van der Waals surface area contributed by atoms with Gasteiger partial charge < -0.3 is 10.1 Å². The Balaban J connectivity index is 2.57. The van der Waals surface area contributed by atoms with Crippen LogP contribution in [0.15, 0.2) is 0 Å². The molecular formula is C10H22N2O3S. The normalized spacial score (nSPS) is 23.5. The Morgan fingerprint density at radius 1 is 1.50 bits per heavy atom. The first-order chi connectivity index (χ1) is 7.61. The van der Waals surface area contributed by atoms with Gasteiger partial charge in [-0.05, 0) is 26.4 Å². The maximum Gasteiger partial charge on any atom is 0.214 e. The molecule has 0 aromatic rings. The van der Waals surface area contributed by atoms with Crippen LogP contribution in [0.4, 0.5) is 0 Å². The van der Waals surface area contributed by atoms with Gasteiger partial charge in [-0.2, -0.15) is 4.31 Å². The molecule has 1 atom stereocenters.